The number of hydrogen-bond donors (Lipinski definition) is 2. The minimum absolute atomic E-state index is 0.206. The van der Waals surface area contributed by atoms with Gasteiger partial charge in [0.2, 0.25) is 0 Å². The number of nitrogens with zero attached hydrogens (tertiary/aromatic N) is 2. The molecule has 2 saturated heterocycles. The summed E-state index contributed by atoms with van der Waals surface area (Å²) in [5.41, 5.74) is 2.80. The third kappa shape index (κ3) is 3.33. The Labute approximate surface area is 106 Å². The molecule has 2 amide bonds. The predicted octanol–water partition coefficient (Wildman–Crippen LogP) is -0.260. The number of likely N-dealkylation sites (tertiary alicyclic amines) is 1. The first-order chi connectivity index (χ1) is 8.66. The van der Waals surface area contributed by atoms with E-state index >= 15 is 0 Å². The molecule has 2 N–H and O–H groups in total. The zero-order chi connectivity index (χ0) is 13.0. The van der Waals surface area contributed by atoms with Crippen LogP contribution in [0, 0.1) is 5.92 Å². The highest BCUT2D eigenvalue weighted by atomic mass is 16.5. The quantitative estimate of drug-likeness (QED) is 0.712. The van der Waals surface area contributed by atoms with Crippen LogP contribution in [-0.2, 0) is 9.53 Å². The average Bonchev–Trinajstić information content (AvgIpc) is 2.40. The van der Waals surface area contributed by atoms with Gasteiger partial charge in [0, 0.05) is 26.2 Å². The fourth-order valence-electron chi connectivity index (χ4n) is 2.24. The topological polar surface area (TPSA) is 82.1 Å². The van der Waals surface area contributed by atoms with Crippen LogP contribution in [0.4, 0.5) is 4.79 Å². The predicted molar refractivity (Wildman–Crippen MR) is 62.9 cm³/mol. The maximum atomic E-state index is 12.0. The van der Waals surface area contributed by atoms with Crippen molar-refractivity contribution in [3.8, 4) is 0 Å². The van der Waals surface area contributed by atoms with Gasteiger partial charge in [0.05, 0.1) is 19.1 Å². The summed E-state index contributed by atoms with van der Waals surface area (Å²) in [6, 6.07) is -0.206. The van der Waals surface area contributed by atoms with E-state index in [0.717, 1.165) is 6.42 Å². The molecule has 2 fully saturated rings. The van der Waals surface area contributed by atoms with Crippen LogP contribution in [0.1, 0.15) is 12.8 Å². The molecule has 0 aromatic carbocycles. The van der Waals surface area contributed by atoms with Crippen molar-refractivity contribution in [2.45, 2.75) is 12.8 Å². The van der Waals surface area contributed by atoms with E-state index in [1.807, 2.05) is 5.01 Å². The number of rotatable bonds is 2. The molecule has 2 aliphatic rings. The van der Waals surface area contributed by atoms with Gasteiger partial charge in [0.25, 0.3) is 0 Å². The van der Waals surface area contributed by atoms with E-state index in [9.17, 15) is 9.59 Å². The second-order valence-electron chi connectivity index (χ2n) is 4.64. The third-order valence-electron chi connectivity index (χ3n) is 3.32. The minimum Gasteiger partial charge on any atom is -0.481 e. The lowest BCUT2D eigenvalue weighted by Gasteiger charge is -2.34. The largest absolute Gasteiger partial charge is 0.481 e. The van der Waals surface area contributed by atoms with Crippen LogP contribution in [-0.4, -0.2) is 66.4 Å². The number of hydrogen-bond acceptors (Lipinski definition) is 4. The first kappa shape index (κ1) is 13.1. The first-order valence-electron chi connectivity index (χ1n) is 6.28. The van der Waals surface area contributed by atoms with Crippen molar-refractivity contribution < 1.29 is 19.4 Å². The molecule has 0 aromatic rings. The number of amides is 2. The molecule has 0 aromatic heterocycles. The minimum atomic E-state index is -0.820. The molecule has 0 saturated carbocycles. The van der Waals surface area contributed by atoms with Gasteiger partial charge in [-0.3, -0.25) is 10.2 Å². The van der Waals surface area contributed by atoms with Crippen LogP contribution in [0.3, 0.4) is 0 Å². The standard InChI is InChI=1S/C11H19N3O4/c15-10(16)9-2-1-3-13(8-9)11(17)12-14-4-6-18-7-5-14/h9H,1-8H2,(H,12,17)(H,15,16). The zero-order valence-corrected chi connectivity index (χ0v) is 10.3. The summed E-state index contributed by atoms with van der Waals surface area (Å²) in [5.74, 6) is -1.26. The van der Waals surface area contributed by atoms with Gasteiger partial charge >= 0.3 is 12.0 Å². The number of morpholine rings is 1. The lowest BCUT2D eigenvalue weighted by atomic mass is 9.99. The molecule has 2 aliphatic heterocycles. The molecule has 0 bridgehead atoms. The fraction of sp³-hybridized carbons (Fsp3) is 0.818. The number of carbonyl (C=O) groups excluding carboxylic acids is 1. The average molecular weight is 257 g/mol. The monoisotopic (exact) mass is 257 g/mol. The van der Waals surface area contributed by atoms with Gasteiger partial charge in [0.1, 0.15) is 0 Å². The number of carbonyl (C=O) groups is 2. The van der Waals surface area contributed by atoms with E-state index in [-0.39, 0.29) is 6.03 Å². The van der Waals surface area contributed by atoms with E-state index < -0.39 is 11.9 Å². The highest BCUT2D eigenvalue weighted by Crippen LogP contribution is 2.16. The number of urea groups is 1. The van der Waals surface area contributed by atoms with Crippen LogP contribution in [0.5, 0.6) is 0 Å². The van der Waals surface area contributed by atoms with E-state index in [1.165, 1.54) is 0 Å². The Morgan fingerprint density at radius 2 is 1.94 bits per heavy atom. The summed E-state index contributed by atoms with van der Waals surface area (Å²) in [6.07, 6.45) is 1.39. The van der Waals surface area contributed by atoms with Crippen molar-refractivity contribution in [2.24, 2.45) is 5.92 Å². The van der Waals surface area contributed by atoms with Crippen LogP contribution < -0.4 is 5.43 Å². The van der Waals surface area contributed by atoms with Gasteiger partial charge < -0.3 is 14.7 Å². The van der Waals surface area contributed by atoms with Gasteiger partial charge in [-0.15, -0.1) is 0 Å². The fourth-order valence-corrected chi connectivity index (χ4v) is 2.24. The van der Waals surface area contributed by atoms with Crippen molar-refractivity contribution in [3.63, 3.8) is 0 Å². The van der Waals surface area contributed by atoms with Gasteiger partial charge in [-0.25, -0.2) is 9.80 Å². The van der Waals surface area contributed by atoms with Crippen molar-refractivity contribution in [1.82, 2.24) is 15.3 Å². The lowest BCUT2D eigenvalue weighted by Crippen LogP contribution is -2.55. The van der Waals surface area contributed by atoms with Crippen LogP contribution in [0.25, 0.3) is 0 Å². The van der Waals surface area contributed by atoms with Crippen LogP contribution >= 0.6 is 0 Å². The second-order valence-corrected chi connectivity index (χ2v) is 4.64. The number of aliphatic carboxylic acids is 1. The Kier molecular flexibility index (Phi) is 4.38. The third-order valence-corrected chi connectivity index (χ3v) is 3.32. The molecule has 2 rings (SSSR count). The molecule has 7 nitrogen and oxygen atoms in total. The molecule has 2 heterocycles. The van der Waals surface area contributed by atoms with Crippen LogP contribution in [0.15, 0.2) is 0 Å². The molecule has 18 heavy (non-hydrogen) atoms. The molecule has 0 radical (unpaired) electrons. The zero-order valence-electron chi connectivity index (χ0n) is 10.3. The Morgan fingerprint density at radius 3 is 2.61 bits per heavy atom. The van der Waals surface area contributed by atoms with E-state index in [2.05, 4.69) is 5.43 Å². The van der Waals surface area contributed by atoms with Gasteiger partial charge in [-0.05, 0) is 12.8 Å². The molecule has 0 aliphatic carbocycles. The Morgan fingerprint density at radius 1 is 1.22 bits per heavy atom. The van der Waals surface area contributed by atoms with Gasteiger partial charge in [0.15, 0.2) is 0 Å². The molecule has 0 spiro atoms. The highest BCUT2D eigenvalue weighted by molar-refractivity contribution is 5.76. The molecule has 1 unspecified atom stereocenters. The van der Waals surface area contributed by atoms with Gasteiger partial charge in [-0.1, -0.05) is 0 Å². The second kappa shape index (κ2) is 6.01. The molecule has 102 valence electrons. The molecular weight excluding hydrogens is 238 g/mol. The summed E-state index contributed by atoms with van der Waals surface area (Å²) in [6.45, 7) is 3.48. The van der Waals surface area contributed by atoms with E-state index in [0.29, 0.717) is 45.8 Å². The maximum absolute atomic E-state index is 12.0. The maximum Gasteiger partial charge on any atom is 0.331 e. The smallest absolute Gasteiger partial charge is 0.331 e. The van der Waals surface area contributed by atoms with Gasteiger partial charge in [-0.2, -0.15) is 0 Å². The molecule has 7 heteroatoms. The van der Waals surface area contributed by atoms with Crippen LogP contribution in [0.2, 0.25) is 0 Å². The number of hydrazine groups is 1. The van der Waals surface area contributed by atoms with Crippen molar-refractivity contribution in [2.75, 3.05) is 39.4 Å². The molecule has 1 atom stereocenters. The summed E-state index contributed by atoms with van der Waals surface area (Å²) >= 11 is 0. The highest BCUT2D eigenvalue weighted by Gasteiger charge is 2.28. The van der Waals surface area contributed by atoms with Crippen molar-refractivity contribution in [3.05, 3.63) is 0 Å². The number of carboxylic acid groups (broad SMARTS) is 1. The molecular formula is C11H19N3O4. The summed E-state index contributed by atoms with van der Waals surface area (Å²) < 4.78 is 5.19. The Balaban J connectivity index is 1.82. The number of ether oxygens (including phenoxy) is 1. The first-order valence-corrected chi connectivity index (χ1v) is 6.28. The van der Waals surface area contributed by atoms with E-state index in [4.69, 9.17) is 9.84 Å². The lowest BCUT2D eigenvalue weighted by molar-refractivity contribution is -0.143. The summed E-state index contributed by atoms with van der Waals surface area (Å²) in [5, 5.41) is 10.8. The Hall–Kier alpha value is -1.34. The summed E-state index contributed by atoms with van der Waals surface area (Å²) in [7, 11) is 0. The normalized spacial score (nSPS) is 25.8. The van der Waals surface area contributed by atoms with Crippen molar-refractivity contribution >= 4 is 12.0 Å². The number of piperidine rings is 1. The number of carboxylic acids is 1. The van der Waals surface area contributed by atoms with E-state index in [1.54, 1.807) is 4.90 Å². The summed E-state index contributed by atoms with van der Waals surface area (Å²) in [4.78, 5) is 24.5. The van der Waals surface area contributed by atoms with Crippen molar-refractivity contribution in [1.29, 1.82) is 0 Å². The Bertz CT molecular complexity index is 317. The SMILES string of the molecule is O=C(O)C1CCCN(C(=O)NN2CCOCC2)C1. The number of nitrogens with one attached hydrogen (secondary N) is 1.